The van der Waals surface area contributed by atoms with Gasteiger partial charge in [0.1, 0.15) is 0 Å². The first-order valence-corrected chi connectivity index (χ1v) is 8.10. The Balaban J connectivity index is 0.000000847. The van der Waals surface area contributed by atoms with Crippen molar-refractivity contribution in [1.29, 1.82) is 0 Å². The summed E-state index contributed by atoms with van der Waals surface area (Å²) in [5.74, 6) is -0.113. The standard InChI is InChI=1S/C15H17ClN2O2.C2H6/c1-9-4-13-10(6-12(9)16)5-11(18-13)8-17-14(19)7-15(20)2-3-15;1-2/h4-6,18,20H,2-3,7-8H2,1H3,(H,17,19);1-2H3. The number of H-pyrrole nitrogens is 1. The van der Waals surface area contributed by atoms with Crippen LogP contribution in [0.25, 0.3) is 10.9 Å². The minimum absolute atomic E-state index is 0.113. The van der Waals surface area contributed by atoms with Gasteiger partial charge < -0.3 is 15.4 Å². The molecule has 2 aromatic rings. The number of nitrogens with one attached hydrogen (secondary N) is 2. The zero-order valence-corrected chi connectivity index (χ0v) is 14.0. The predicted octanol–water partition coefficient (Wildman–Crippen LogP) is 3.69. The van der Waals surface area contributed by atoms with E-state index in [0.717, 1.165) is 40.0 Å². The van der Waals surface area contributed by atoms with Crippen molar-refractivity contribution in [2.24, 2.45) is 0 Å². The fourth-order valence-corrected chi connectivity index (χ4v) is 2.46. The van der Waals surface area contributed by atoms with Gasteiger partial charge in [-0.3, -0.25) is 4.79 Å². The molecule has 22 heavy (non-hydrogen) atoms. The summed E-state index contributed by atoms with van der Waals surface area (Å²) in [4.78, 5) is 15.0. The van der Waals surface area contributed by atoms with Crippen LogP contribution in [0.2, 0.25) is 5.02 Å². The van der Waals surface area contributed by atoms with E-state index in [4.69, 9.17) is 11.6 Å². The molecule has 0 bridgehead atoms. The van der Waals surface area contributed by atoms with E-state index in [9.17, 15) is 9.90 Å². The predicted molar refractivity (Wildman–Crippen MR) is 90.0 cm³/mol. The number of aromatic amines is 1. The van der Waals surface area contributed by atoms with Gasteiger partial charge in [-0.1, -0.05) is 25.4 Å². The quantitative estimate of drug-likeness (QED) is 0.803. The van der Waals surface area contributed by atoms with Crippen molar-refractivity contribution in [2.45, 2.75) is 52.2 Å². The summed E-state index contributed by atoms with van der Waals surface area (Å²) in [6.45, 7) is 6.39. The van der Waals surface area contributed by atoms with Crippen molar-refractivity contribution in [2.75, 3.05) is 0 Å². The first kappa shape index (κ1) is 16.8. The summed E-state index contributed by atoms with van der Waals surface area (Å²) >= 11 is 6.09. The second kappa shape index (κ2) is 6.71. The van der Waals surface area contributed by atoms with E-state index in [-0.39, 0.29) is 12.3 Å². The number of fused-ring (bicyclic) bond motifs is 1. The Hall–Kier alpha value is -1.52. The largest absolute Gasteiger partial charge is 0.389 e. The van der Waals surface area contributed by atoms with Gasteiger partial charge in [0.2, 0.25) is 5.91 Å². The Kier molecular flexibility index (Phi) is 5.14. The first-order valence-electron chi connectivity index (χ1n) is 7.72. The summed E-state index contributed by atoms with van der Waals surface area (Å²) in [6.07, 6.45) is 1.65. The third-order valence-electron chi connectivity index (χ3n) is 3.75. The van der Waals surface area contributed by atoms with Gasteiger partial charge in [0.15, 0.2) is 0 Å². The molecule has 4 nitrogen and oxygen atoms in total. The van der Waals surface area contributed by atoms with Gasteiger partial charge in [0.25, 0.3) is 0 Å². The van der Waals surface area contributed by atoms with Crippen LogP contribution in [0.4, 0.5) is 0 Å². The highest BCUT2D eigenvalue weighted by Gasteiger charge is 2.42. The maximum absolute atomic E-state index is 11.7. The molecule has 5 heteroatoms. The van der Waals surface area contributed by atoms with Crippen LogP contribution in [0.15, 0.2) is 18.2 Å². The van der Waals surface area contributed by atoms with E-state index in [0.29, 0.717) is 6.54 Å². The van der Waals surface area contributed by atoms with E-state index in [1.54, 1.807) is 0 Å². The van der Waals surface area contributed by atoms with Crippen LogP contribution >= 0.6 is 11.6 Å². The van der Waals surface area contributed by atoms with E-state index in [1.807, 2.05) is 39.0 Å². The minimum atomic E-state index is -0.741. The van der Waals surface area contributed by atoms with Gasteiger partial charge >= 0.3 is 0 Å². The number of hydrogen-bond donors (Lipinski definition) is 3. The molecule has 1 saturated carbocycles. The van der Waals surface area contributed by atoms with Gasteiger partial charge in [0.05, 0.1) is 18.6 Å². The number of carbonyl (C=O) groups is 1. The van der Waals surface area contributed by atoms with E-state index in [2.05, 4.69) is 10.3 Å². The first-order chi connectivity index (χ1) is 10.5. The number of rotatable bonds is 4. The molecule has 1 heterocycles. The van der Waals surface area contributed by atoms with Gasteiger partial charge in [-0.05, 0) is 43.5 Å². The molecule has 1 aliphatic carbocycles. The van der Waals surface area contributed by atoms with Crippen molar-refractivity contribution >= 4 is 28.4 Å². The second-order valence-electron chi connectivity index (χ2n) is 5.66. The van der Waals surface area contributed by atoms with Crippen molar-refractivity contribution in [3.63, 3.8) is 0 Å². The minimum Gasteiger partial charge on any atom is -0.389 e. The molecule has 1 aliphatic rings. The molecular formula is C17H23ClN2O2. The van der Waals surface area contributed by atoms with Crippen LogP contribution in [-0.4, -0.2) is 21.6 Å². The fraction of sp³-hybridized carbons (Fsp3) is 0.471. The molecule has 0 spiro atoms. The topological polar surface area (TPSA) is 65.1 Å². The van der Waals surface area contributed by atoms with Crippen molar-refractivity contribution in [1.82, 2.24) is 10.3 Å². The summed E-state index contributed by atoms with van der Waals surface area (Å²) in [6, 6.07) is 5.89. The number of aryl methyl sites for hydroxylation is 1. The van der Waals surface area contributed by atoms with Crippen molar-refractivity contribution in [3.8, 4) is 0 Å². The molecule has 1 aromatic carbocycles. The fourth-order valence-electron chi connectivity index (χ4n) is 2.29. The lowest BCUT2D eigenvalue weighted by Crippen LogP contribution is -2.27. The normalized spacial score (nSPS) is 15.1. The third-order valence-corrected chi connectivity index (χ3v) is 4.16. The molecule has 0 unspecified atom stereocenters. The number of carbonyl (C=O) groups excluding carboxylic acids is 1. The highest BCUT2D eigenvalue weighted by atomic mass is 35.5. The molecule has 120 valence electrons. The highest BCUT2D eigenvalue weighted by Crippen LogP contribution is 2.38. The molecule has 1 fully saturated rings. The Morgan fingerprint density at radius 2 is 2.05 bits per heavy atom. The maximum atomic E-state index is 11.7. The number of benzene rings is 1. The van der Waals surface area contributed by atoms with Gasteiger partial charge in [-0.25, -0.2) is 0 Å². The Bertz CT molecular complexity index is 636. The van der Waals surface area contributed by atoms with Crippen LogP contribution in [0.1, 0.15) is 44.4 Å². The zero-order chi connectivity index (χ0) is 16.3. The summed E-state index contributed by atoms with van der Waals surface area (Å²) < 4.78 is 0. The molecule has 3 N–H and O–H groups in total. The Morgan fingerprint density at radius 3 is 2.68 bits per heavy atom. The summed E-state index contributed by atoms with van der Waals surface area (Å²) in [7, 11) is 0. The molecule has 1 amide bonds. The second-order valence-corrected chi connectivity index (χ2v) is 6.07. The van der Waals surface area contributed by atoms with Crippen molar-refractivity contribution in [3.05, 3.63) is 34.5 Å². The average molecular weight is 323 g/mol. The van der Waals surface area contributed by atoms with E-state index in [1.165, 1.54) is 0 Å². The smallest absolute Gasteiger partial charge is 0.223 e. The lowest BCUT2D eigenvalue weighted by atomic mass is 10.2. The van der Waals surface area contributed by atoms with Gasteiger partial charge in [-0.15, -0.1) is 0 Å². The monoisotopic (exact) mass is 322 g/mol. The van der Waals surface area contributed by atoms with Crippen LogP contribution in [0.3, 0.4) is 0 Å². The van der Waals surface area contributed by atoms with Gasteiger partial charge in [-0.2, -0.15) is 0 Å². The SMILES string of the molecule is CC.Cc1cc2[nH]c(CNC(=O)CC3(O)CC3)cc2cc1Cl. The van der Waals surface area contributed by atoms with Crippen LogP contribution in [0.5, 0.6) is 0 Å². The molecule has 1 aromatic heterocycles. The zero-order valence-electron chi connectivity index (χ0n) is 13.3. The van der Waals surface area contributed by atoms with E-state index >= 15 is 0 Å². The number of hydrogen-bond acceptors (Lipinski definition) is 2. The lowest BCUT2D eigenvalue weighted by molar-refractivity contribution is -0.123. The molecule has 0 saturated heterocycles. The van der Waals surface area contributed by atoms with Crippen molar-refractivity contribution < 1.29 is 9.90 Å². The van der Waals surface area contributed by atoms with Crippen LogP contribution in [-0.2, 0) is 11.3 Å². The summed E-state index contributed by atoms with van der Waals surface area (Å²) in [5.41, 5.74) is 2.22. The Morgan fingerprint density at radius 1 is 1.36 bits per heavy atom. The number of amides is 1. The summed E-state index contributed by atoms with van der Waals surface area (Å²) in [5, 5.41) is 14.3. The number of aromatic nitrogens is 1. The highest BCUT2D eigenvalue weighted by molar-refractivity contribution is 6.32. The maximum Gasteiger partial charge on any atom is 0.223 e. The van der Waals surface area contributed by atoms with Gasteiger partial charge in [0, 0.05) is 21.6 Å². The lowest BCUT2D eigenvalue weighted by Gasteiger charge is -2.07. The molecule has 0 aliphatic heterocycles. The van der Waals surface area contributed by atoms with E-state index < -0.39 is 5.60 Å². The average Bonchev–Trinajstić information content (AvgIpc) is 3.07. The molecule has 0 radical (unpaired) electrons. The number of halogens is 1. The van der Waals surface area contributed by atoms with Crippen LogP contribution in [0, 0.1) is 6.92 Å². The Labute approximate surface area is 135 Å². The molecule has 0 atom stereocenters. The number of aliphatic hydroxyl groups is 1. The third kappa shape index (κ3) is 4.02. The molecule has 3 rings (SSSR count). The molecular weight excluding hydrogens is 300 g/mol. The van der Waals surface area contributed by atoms with Crippen LogP contribution < -0.4 is 5.32 Å².